The van der Waals surface area contributed by atoms with Gasteiger partial charge in [0, 0.05) is 6.54 Å². The van der Waals surface area contributed by atoms with E-state index in [1.165, 1.54) is 6.07 Å². The molecule has 0 aliphatic carbocycles. The summed E-state index contributed by atoms with van der Waals surface area (Å²) in [5.41, 5.74) is 0.315. The van der Waals surface area contributed by atoms with Crippen molar-refractivity contribution >= 4 is 29.1 Å². The maximum atomic E-state index is 11.9. The Labute approximate surface area is 109 Å². The molecule has 18 heavy (non-hydrogen) atoms. The molecule has 5 nitrogen and oxygen atoms in total. The predicted molar refractivity (Wildman–Crippen MR) is 67.0 cm³/mol. The van der Waals surface area contributed by atoms with Crippen molar-refractivity contribution in [3.8, 4) is 5.75 Å². The third kappa shape index (κ3) is 1.93. The molecule has 1 aliphatic rings. The van der Waals surface area contributed by atoms with Crippen LogP contribution in [0.4, 0.5) is 5.69 Å². The van der Waals surface area contributed by atoms with Crippen LogP contribution >= 0.6 is 11.6 Å². The summed E-state index contributed by atoms with van der Waals surface area (Å²) >= 11 is 5.82. The highest BCUT2D eigenvalue weighted by atomic mass is 35.5. The highest BCUT2D eigenvalue weighted by molar-refractivity contribution is 6.48. The first kappa shape index (κ1) is 12.4. The lowest BCUT2D eigenvalue weighted by Gasteiger charge is -2.12. The van der Waals surface area contributed by atoms with Gasteiger partial charge >= 0.3 is 0 Å². The SMILES string of the molecule is CCN1C(=O)C(Cl)=C(Nc2ccccc2O)C1=O. The summed E-state index contributed by atoms with van der Waals surface area (Å²) in [4.78, 5) is 24.6. The molecule has 0 bridgehead atoms. The van der Waals surface area contributed by atoms with E-state index in [1.54, 1.807) is 25.1 Å². The smallest absolute Gasteiger partial charge is 0.278 e. The van der Waals surface area contributed by atoms with Gasteiger partial charge in [0.1, 0.15) is 16.5 Å². The number of benzene rings is 1. The molecule has 0 saturated heterocycles. The number of anilines is 1. The topological polar surface area (TPSA) is 69.6 Å². The molecule has 2 N–H and O–H groups in total. The molecule has 0 fully saturated rings. The lowest BCUT2D eigenvalue weighted by molar-refractivity contribution is -0.136. The molecule has 1 aromatic carbocycles. The first-order valence-corrected chi connectivity index (χ1v) is 5.75. The van der Waals surface area contributed by atoms with E-state index in [2.05, 4.69) is 5.32 Å². The number of hydrogen-bond donors (Lipinski definition) is 2. The molecule has 0 radical (unpaired) electrons. The second-order valence-corrected chi connectivity index (χ2v) is 4.06. The van der Waals surface area contributed by atoms with Crippen LogP contribution < -0.4 is 5.32 Å². The van der Waals surface area contributed by atoms with Crippen LogP contribution in [-0.2, 0) is 9.59 Å². The van der Waals surface area contributed by atoms with Crippen LogP contribution in [-0.4, -0.2) is 28.4 Å². The molecular formula is C12H11ClN2O3. The fraction of sp³-hybridized carbons (Fsp3) is 0.167. The molecule has 0 spiro atoms. The first-order valence-electron chi connectivity index (χ1n) is 5.37. The number of phenols is 1. The number of rotatable bonds is 3. The van der Waals surface area contributed by atoms with E-state index >= 15 is 0 Å². The number of phenolic OH excluding ortho intramolecular Hbond substituents is 1. The maximum Gasteiger partial charge on any atom is 0.278 e. The van der Waals surface area contributed by atoms with Crippen LogP contribution in [0.2, 0.25) is 0 Å². The van der Waals surface area contributed by atoms with Crippen molar-refractivity contribution in [3.63, 3.8) is 0 Å². The third-order valence-electron chi connectivity index (χ3n) is 2.59. The largest absolute Gasteiger partial charge is 0.506 e. The summed E-state index contributed by atoms with van der Waals surface area (Å²) in [7, 11) is 0. The van der Waals surface area contributed by atoms with Crippen LogP contribution in [0.25, 0.3) is 0 Å². The zero-order valence-corrected chi connectivity index (χ0v) is 10.4. The van der Waals surface area contributed by atoms with Crippen molar-refractivity contribution in [2.24, 2.45) is 0 Å². The average Bonchev–Trinajstić information content (AvgIpc) is 2.56. The number of hydrogen-bond acceptors (Lipinski definition) is 4. The highest BCUT2D eigenvalue weighted by Crippen LogP contribution is 2.29. The van der Waals surface area contributed by atoms with Gasteiger partial charge in [0.15, 0.2) is 0 Å². The highest BCUT2D eigenvalue weighted by Gasteiger charge is 2.36. The summed E-state index contributed by atoms with van der Waals surface area (Å²) in [5.74, 6) is -1.04. The molecular weight excluding hydrogens is 256 g/mol. The van der Waals surface area contributed by atoms with Gasteiger partial charge < -0.3 is 10.4 Å². The molecule has 1 aromatic rings. The lowest BCUT2D eigenvalue weighted by atomic mass is 10.3. The number of halogens is 1. The van der Waals surface area contributed by atoms with E-state index < -0.39 is 11.8 Å². The van der Waals surface area contributed by atoms with Gasteiger partial charge in [-0.05, 0) is 19.1 Å². The Morgan fingerprint density at radius 1 is 1.28 bits per heavy atom. The monoisotopic (exact) mass is 266 g/mol. The molecule has 0 saturated carbocycles. The zero-order valence-electron chi connectivity index (χ0n) is 9.61. The number of likely N-dealkylation sites (N-methyl/N-ethyl adjacent to an activating group) is 1. The Bertz CT molecular complexity index is 554. The Morgan fingerprint density at radius 2 is 1.94 bits per heavy atom. The van der Waals surface area contributed by atoms with Gasteiger partial charge in [0.05, 0.1) is 5.69 Å². The van der Waals surface area contributed by atoms with Crippen LogP contribution in [0.3, 0.4) is 0 Å². The Balaban J connectivity index is 2.33. The summed E-state index contributed by atoms with van der Waals surface area (Å²) in [6, 6.07) is 6.39. The van der Waals surface area contributed by atoms with Crippen molar-refractivity contribution in [3.05, 3.63) is 35.0 Å². The quantitative estimate of drug-likeness (QED) is 0.645. The molecule has 0 aromatic heterocycles. The molecule has 0 unspecified atom stereocenters. The number of nitrogens with zero attached hydrogens (tertiary/aromatic N) is 1. The van der Waals surface area contributed by atoms with E-state index in [1.807, 2.05) is 0 Å². The molecule has 6 heteroatoms. The van der Waals surface area contributed by atoms with Crippen LogP contribution in [0.15, 0.2) is 35.0 Å². The summed E-state index contributed by atoms with van der Waals surface area (Å²) < 4.78 is 0. The van der Waals surface area contributed by atoms with Gasteiger partial charge in [-0.25, -0.2) is 0 Å². The van der Waals surface area contributed by atoms with Gasteiger partial charge in [-0.1, -0.05) is 23.7 Å². The van der Waals surface area contributed by atoms with Crippen molar-refractivity contribution in [2.75, 3.05) is 11.9 Å². The average molecular weight is 267 g/mol. The van der Waals surface area contributed by atoms with Gasteiger partial charge in [-0.15, -0.1) is 0 Å². The van der Waals surface area contributed by atoms with E-state index in [0.29, 0.717) is 5.69 Å². The standard InChI is InChI=1S/C12H11ClN2O3/c1-2-15-11(17)9(13)10(12(15)18)14-7-5-3-4-6-8(7)16/h3-6,14,16H,2H2,1H3. The van der Waals surface area contributed by atoms with E-state index in [9.17, 15) is 14.7 Å². The minimum atomic E-state index is -0.526. The minimum absolute atomic E-state index is 0.00924. The van der Waals surface area contributed by atoms with E-state index in [0.717, 1.165) is 4.90 Å². The van der Waals surface area contributed by atoms with Crippen molar-refractivity contribution in [1.29, 1.82) is 0 Å². The Hall–Kier alpha value is -2.01. The third-order valence-corrected chi connectivity index (χ3v) is 2.94. The number of imide groups is 1. The predicted octanol–water partition coefficient (Wildman–Crippen LogP) is 1.64. The number of amides is 2. The minimum Gasteiger partial charge on any atom is -0.506 e. The van der Waals surface area contributed by atoms with Gasteiger partial charge in [0.2, 0.25) is 0 Å². The van der Waals surface area contributed by atoms with Gasteiger partial charge in [-0.3, -0.25) is 14.5 Å². The number of aromatic hydroxyl groups is 1. The summed E-state index contributed by atoms with van der Waals surface area (Å²) in [6.07, 6.45) is 0. The first-order chi connectivity index (χ1) is 8.56. The second-order valence-electron chi connectivity index (χ2n) is 3.69. The van der Waals surface area contributed by atoms with E-state index in [-0.39, 0.29) is 23.0 Å². The Morgan fingerprint density at radius 3 is 2.50 bits per heavy atom. The lowest BCUT2D eigenvalue weighted by Crippen LogP contribution is -2.31. The number of nitrogens with one attached hydrogen (secondary N) is 1. The van der Waals surface area contributed by atoms with Gasteiger partial charge in [-0.2, -0.15) is 0 Å². The normalized spacial score (nSPS) is 15.6. The molecule has 1 heterocycles. The number of carbonyl (C=O) groups is 2. The number of carbonyl (C=O) groups excluding carboxylic acids is 2. The van der Waals surface area contributed by atoms with Crippen LogP contribution in [0, 0.1) is 0 Å². The van der Waals surface area contributed by atoms with Crippen molar-refractivity contribution in [2.45, 2.75) is 6.92 Å². The zero-order chi connectivity index (χ0) is 13.3. The fourth-order valence-corrected chi connectivity index (χ4v) is 1.89. The maximum absolute atomic E-state index is 11.9. The number of para-hydroxylation sites is 2. The van der Waals surface area contributed by atoms with Crippen molar-refractivity contribution < 1.29 is 14.7 Å². The molecule has 1 aliphatic heterocycles. The second kappa shape index (κ2) is 4.70. The Kier molecular flexibility index (Phi) is 3.25. The van der Waals surface area contributed by atoms with Crippen LogP contribution in [0.1, 0.15) is 6.92 Å². The van der Waals surface area contributed by atoms with Crippen molar-refractivity contribution in [1.82, 2.24) is 4.90 Å². The van der Waals surface area contributed by atoms with E-state index in [4.69, 9.17) is 11.6 Å². The molecule has 2 rings (SSSR count). The molecule has 94 valence electrons. The summed E-state index contributed by atoms with van der Waals surface area (Å²) in [6.45, 7) is 1.93. The summed E-state index contributed by atoms with van der Waals surface area (Å²) in [5, 5.41) is 12.1. The van der Waals surface area contributed by atoms with Gasteiger partial charge in [0.25, 0.3) is 11.8 Å². The molecule has 0 atom stereocenters. The fourth-order valence-electron chi connectivity index (χ4n) is 1.66. The van der Waals surface area contributed by atoms with Crippen LogP contribution in [0.5, 0.6) is 5.75 Å². The molecule has 2 amide bonds.